The quantitative estimate of drug-likeness (QED) is 0.684. The molecule has 2 heterocycles. The first-order valence-corrected chi connectivity index (χ1v) is 10.9. The van der Waals surface area contributed by atoms with Gasteiger partial charge in [-0.05, 0) is 36.2 Å². The van der Waals surface area contributed by atoms with E-state index in [0.717, 1.165) is 45.2 Å². The Kier molecular flexibility index (Phi) is 4.20. The van der Waals surface area contributed by atoms with Gasteiger partial charge in [0.05, 0.1) is 24.7 Å². The lowest BCUT2D eigenvalue weighted by atomic mass is 10.1. The maximum absolute atomic E-state index is 11.9. The fourth-order valence-corrected chi connectivity index (χ4v) is 4.95. The van der Waals surface area contributed by atoms with Gasteiger partial charge in [-0.15, -0.1) is 11.3 Å². The molecule has 5 nitrogen and oxygen atoms in total. The van der Waals surface area contributed by atoms with Gasteiger partial charge in [-0.1, -0.05) is 18.2 Å². The SMILES string of the molecule is COc1cccc(-c2nc(-c3ccc4c(c3)CCN4S(C)(=O)=O)cs2)c1. The van der Waals surface area contributed by atoms with Gasteiger partial charge in [-0.3, -0.25) is 4.31 Å². The highest BCUT2D eigenvalue weighted by Gasteiger charge is 2.26. The zero-order valence-electron chi connectivity index (χ0n) is 14.5. The van der Waals surface area contributed by atoms with Crippen molar-refractivity contribution in [1.29, 1.82) is 0 Å². The van der Waals surface area contributed by atoms with Crippen LogP contribution in [0.5, 0.6) is 5.75 Å². The predicted octanol–water partition coefficient (Wildman–Crippen LogP) is 3.81. The van der Waals surface area contributed by atoms with Gasteiger partial charge in [0, 0.05) is 23.1 Å². The fourth-order valence-electron chi connectivity index (χ4n) is 3.17. The van der Waals surface area contributed by atoms with Gasteiger partial charge in [0.2, 0.25) is 10.0 Å². The van der Waals surface area contributed by atoms with E-state index in [2.05, 4.69) is 0 Å². The third-order valence-electron chi connectivity index (χ3n) is 4.45. The monoisotopic (exact) mass is 386 g/mol. The van der Waals surface area contributed by atoms with E-state index < -0.39 is 10.0 Å². The molecule has 0 aliphatic carbocycles. The zero-order valence-corrected chi connectivity index (χ0v) is 16.1. The first-order valence-electron chi connectivity index (χ1n) is 8.17. The first-order chi connectivity index (χ1) is 12.5. The van der Waals surface area contributed by atoms with Crippen LogP contribution in [0.2, 0.25) is 0 Å². The maximum atomic E-state index is 11.9. The van der Waals surface area contributed by atoms with Crippen LogP contribution in [0.3, 0.4) is 0 Å². The summed E-state index contributed by atoms with van der Waals surface area (Å²) in [5.74, 6) is 0.803. The lowest BCUT2D eigenvalue weighted by Crippen LogP contribution is -2.27. The molecule has 0 bridgehead atoms. The molecule has 26 heavy (non-hydrogen) atoms. The first kappa shape index (κ1) is 17.1. The molecule has 4 rings (SSSR count). The molecular weight excluding hydrogens is 368 g/mol. The highest BCUT2D eigenvalue weighted by molar-refractivity contribution is 7.92. The molecule has 134 valence electrons. The van der Waals surface area contributed by atoms with Gasteiger partial charge < -0.3 is 4.74 Å². The van der Waals surface area contributed by atoms with Crippen LogP contribution in [0, 0.1) is 0 Å². The molecule has 1 aliphatic heterocycles. The molecule has 0 atom stereocenters. The Hall–Kier alpha value is -2.38. The smallest absolute Gasteiger partial charge is 0.232 e. The Balaban J connectivity index is 1.67. The van der Waals surface area contributed by atoms with E-state index in [1.165, 1.54) is 10.6 Å². The summed E-state index contributed by atoms with van der Waals surface area (Å²) in [5.41, 5.74) is 4.74. The Morgan fingerprint density at radius 3 is 2.77 bits per heavy atom. The average molecular weight is 386 g/mol. The second-order valence-corrected chi connectivity index (χ2v) is 8.96. The summed E-state index contributed by atoms with van der Waals surface area (Å²) in [5, 5.41) is 2.96. The van der Waals surface area contributed by atoms with Crippen molar-refractivity contribution in [2.24, 2.45) is 0 Å². The van der Waals surface area contributed by atoms with E-state index in [4.69, 9.17) is 9.72 Å². The Labute approximate surface area is 156 Å². The van der Waals surface area contributed by atoms with Crippen LogP contribution < -0.4 is 9.04 Å². The Morgan fingerprint density at radius 1 is 1.15 bits per heavy atom. The third kappa shape index (κ3) is 3.08. The van der Waals surface area contributed by atoms with Crippen molar-refractivity contribution in [3.63, 3.8) is 0 Å². The second kappa shape index (κ2) is 6.41. The van der Waals surface area contributed by atoms with Crippen molar-refractivity contribution >= 4 is 27.0 Å². The molecule has 1 aliphatic rings. The standard InChI is InChI=1S/C19H18N2O3S2/c1-24-16-5-3-4-15(11-16)19-20-17(12-25-19)13-6-7-18-14(10-13)8-9-21(18)26(2,22)23/h3-7,10-12H,8-9H2,1-2H3. The summed E-state index contributed by atoms with van der Waals surface area (Å²) in [4.78, 5) is 4.75. The lowest BCUT2D eigenvalue weighted by Gasteiger charge is -2.16. The molecule has 0 fully saturated rings. The number of aromatic nitrogens is 1. The van der Waals surface area contributed by atoms with Gasteiger partial charge in [-0.25, -0.2) is 13.4 Å². The van der Waals surface area contributed by atoms with Crippen LogP contribution in [0.15, 0.2) is 47.8 Å². The van der Waals surface area contributed by atoms with Crippen LogP contribution in [-0.2, 0) is 16.4 Å². The lowest BCUT2D eigenvalue weighted by molar-refractivity contribution is 0.415. The van der Waals surface area contributed by atoms with Gasteiger partial charge in [0.15, 0.2) is 0 Å². The minimum atomic E-state index is -3.22. The van der Waals surface area contributed by atoms with E-state index in [9.17, 15) is 8.42 Å². The Bertz CT molecular complexity index is 1070. The molecule has 0 spiro atoms. The summed E-state index contributed by atoms with van der Waals surface area (Å²) < 4.78 is 30.5. The summed E-state index contributed by atoms with van der Waals surface area (Å²) in [6, 6.07) is 13.7. The molecule has 0 N–H and O–H groups in total. The molecule has 0 saturated carbocycles. The zero-order chi connectivity index (χ0) is 18.3. The van der Waals surface area contributed by atoms with E-state index in [1.807, 2.05) is 47.8 Å². The Morgan fingerprint density at radius 2 is 2.00 bits per heavy atom. The summed E-state index contributed by atoms with van der Waals surface area (Å²) >= 11 is 1.58. The van der Waals surface area contributed by atoms with E-state index in [-0.39, 0.29) is 0 Å². The highest BCUT2D eigenvalue weighted by atomic mass is 32.2. The normalized spacial score (nSPS) is 13.7. The molecular formula is C19H18N2O3S2. The molecule has 0 saturated heterocycles. The van der Waals surface area contributed by atoms with Gasteiger partial charge in [-0.2, -0.15) is 0 Å². The second-order valence-electron chi connectivity index (χ2n) is 6.20. The van der Waals surface area contributed by atoms with E-state index in [1.54, 1.807) is 18.4 Å². The molecule has 0 radical (unpaired) electrons. The van der Waals surface area contributed by atoms with Crippen LogP contribution in [0.25, 0.3) is 21.8 Å². The third-order valence-corrected chi connectivity index (χ3v) is 6.52. The minimum absolute atomic E-state index is 0.504. The number of nitrogens with zero attached hydrogens (tertiary/aromatic N) is 2. The number of thiazole rings is 1. The van der Waals surface area contributed by atoms with Crippen LogP contribution in [0.1, 0.15) is 5.56 Å². The number of sulfonamides is 1. The van der Waals surface area contributed by atoms with Crippen molar-refractivity contribution in [2.45, 2.75) is 6.42 Å². The van der Waals surface area contributed by atoms with E-state index in [0.29, 0.717) is 6.54 Å². The molecule has 2 aromatic carbocycles. The number of ether oxygens (including phenoxy) is 1. The predicted molar refractivity (Wildman–Crippen MR) is 105 cm³/mol. The fraction of sp³-hybridized carbons (Fsp3) is 0.211. The van der Waals surface area contributed by atoms with Crippen LogP contribution >= 0.6 is 11.3 Å². The number of rotatable bonds is 4. The number of hydrogen-bond donors (Lipinski definition) is 0. The van der Waals surface area contributed by atoms with Gasteiger partial charge in [0.1, 0.15) is 10.8 Å². The van der Waals surface area contributed by atoms with Crippen molar-refractivity contribution < 1.29 is 13.2 Å². The molecule has 0 unspecified atom stereocenters. The number of benzene rings is 2. The maximum Gasteiger partial charge on any atom is 0.232 e. The van der Waals surface area contributed by atoms with Crippen molar-refractivity contribution in [2.75, 3.05) is 24.2 Å². The van der Waals surface area contributed by atoms with Crippen molar-refractivity contribution in [1.82, 2.24) is 4.98 Å². The van der Waals surface area contributed by atoms with Crippen molar-refractivity contribution in [3.05, 3.63) is 53.4 Å². The number of anilines is 1. The van der Waals surface area contributed by atoms with Gasteiger partial charge in [0.25, 0.3) is 0 Å². The van der Waals surface area contributed by atoms with Crippen LogP contribution in [0.4, 0.5) is 5.69 Å². The van der Waals surface area contributed by atoms with Crippen molar-refractivity contribution in [3.8, 4) is 27.6 Å². The minimum Gasteiger partial charge on any atom is -0.497 e. The highest BCUT2D eigenvalue weighted by Crippen LogP contribution is 2.35. The van der Waals surface area contributed by atoms with E-state index >= 15 is 0 Å². The number of hydrogen-bond acceptors (Lipinski definition) is 5. The molecule has 7 heteroatoms. The van der Waals surface area contributed by atoms with Crippen LogP contribution in [-0.4, -0.2) is 33.3 Å². The number of methoxy groups -OCH3 is 1. The number of fused-ring (bicyclic) bond motifs is 1. The molecule has 3 aromatic rings. The molecule has 1 aromatic heterocycles. The molecule has 0 amide bonds. The summed E-state index contributed by atoms with van der Waals surface area (Å²) in [6.45, 7) is 0.504. The van der Waals surface area contributed by atoms with Gasteiger partial charge >= 0.3 is 0 Å². The summed E-state index contributed by atoms with van der Waals surface area (Å²) in [7, 11) is -1.57. The topological polar surface area (TPSA) is 59.5 Å². The largest absolute Gasteiger partial charge is 0.497 e. The summed E-state index contributed by atoms with van der Waals surface area (Å²) in [6.07, 6.45) is 1.97. The average Bonchev–Trinajstić information content (AvgIpc) is 3.28.